The number of aliphatic hydroxyl groups excluding tert-OH is 5. The molecule has 0 saturated carbocycles. The third kappa shape index (κ3) is 25.5. The summed E-state index contributed by atoms with van der Waals surface area (Å²) in [4.78, 5) is 13.0. The number of carbonyl (C=O) groups is 1. The number of aliphatic hydroxyl groups is 5. The minimum Gasteiger partial charge on any atom is -0.394 e. The molecule has 0 bridgehead atoms. The van der Waals surface area contributed by atoms with Gasteiger partial charge in [0.05, 0.1) is 25.4 Å². The van der Waals surface area contributed by atoms with E-state index in [1.807, 2.05) is 0 Å². The second-order valence-electron chi connectivity index (χ2n) is 15.1. The van der Waals surface area contributed by atoms with Crippen LogP contribution in [0.1, 0.15) is 168 Å². The highest BCUT2D eigenvalue weighted by Crippen LogP contribution is 2.26. The topological polar surface area (TPSA) is 212 Å². The van der Waals surface area contributed by atoms with Crippen molar-refractivity contribution in [3.8, 4) is 0 Å². The van der Waals surface area contributed by atoms with Gasteiger partial charge in [0.15, 0.2) is 6.29 Å². The molecule has 8 atom stereocenters. The molecule has 0 aromatic heterocycles. The summed E-state index contributed by atoms with van der Waals surface area (Å²) in [6.07, 6.45) is 22.9. The SMILES string of the molecule is CCCCCCCCCCCCCC/C=C/CC/C=C/C(O)C(COC1OC(CO)C(O)C(OS(=O)(=O)O)C1O)NC(=O)C(O)CCCCCCCCCC. The third-order valence-corrected chi connectivity index (χ3v) is 10.6. The molecule has 324 valence electrons. The number of amides is 1. The van der Waals surface area contributed by atoms with Gasteiger partial charge >= 0.3 is 10.4 Å². The Morgan fingerprint density at radius 3 is 1.75 bits per heavy atom. The van der Waals surface area contributed by atoms with Gasteiger partial charge in [-0.25, -0.2) is 4.18 Å². The van der Waals surface area contributed by atoms with Crippen LogP contribution in [0.2, 0.25) is 0 Å². The maximum absolute atomic E-state index is 13.0. The van der Waals surface area contributed by atoms with Crippen LogP contribution in [0.3, 0.4) is 0 Å². The summed E-state index contributed by atoms with van der Waals surface area (Å²) in [6, 6.07) is -1.13. The average molecular weight is 808 g/mol. The number of rotatable bonds is 35. The Kier molecular flexibility index (Phi) is 30.5. The van der Waals surface area contributed by atoms with Gasteiger partial charge in [-0.2, -0.15) is 8.42 Å². The average Bonchev–Trinajstić information content (AvgIpc) is 3.15. The van der Waals surface area contributed by atoms with Crippen LogP contribution in [0.15, 0.2) is 24.3 Å². The van der Waals surface area contributed by atoms with E-state index in [0.29, 0.717) is 12.8 Å². The van der Waals surface area contributed by atoms with Crippen LogP contribution in [-0.4, -0.2) is 107 Å². The van der Waals surface area contributed by atoms with Crippen LogP contribution in [0.4, 0.5) is 0 Å². The number of carbonyl (C=O) groups excluding carboxylic acids is 1. The quantitative estimate of drug-likeness (QED) is 0.0212. The van der Waals surface area contributed by atoms with Crippen molar-refractivity contribution >= 4 is 16.3 Å². The molecule has 0 aliphatic carbocycles. The first-order valence-corrected chi connectivity index (χ1v) is 22.7. The zero-order valence-electron chi connectivity index (χ0n) is 33.9. The van der Waals surface area contributed by atoms with Crippen LogP contribution in [0.25, 0.3) is 0 Å². The summed E-state index contributed by atoms with van der Waals surface area (Å²) < 4.78 is 47.3. The van der Waals surface area contributed by atoms with Gasteiger partial charge in [0, 0.05) is 0 Å². The second-order valence-corrected chi connectivity index (χ2v) is 16.1. The molecule has 55 heavy (non-hydrogen) atoms. The van der Waals surface area contributed by atoms with Crippen LogP contribution in [-0.2, 0) is 28.9 Å². The maximum atomic E-state index is 13.0. The Morgan fingerprint density at radius 2 is 1.22 bits per heavy atom. The highest BCUT2D eigenvalue weighted by molar-refractivity contribution is 7.80. The molecule has 13 nitrogen and oxygen atoms in total. The number of hydrogen-bond acceptors (Lipinski definition) is 11. The first-order valence-electron chi connectivity index (χ1n) is 21.3. The Labute approximate surface area is 332 Å². The number of allylic oxidation sites excluding steroid dienone is 3. The molecule has 8 unspecified atom stereocenters. The van der Waals surface area contributed by atoms with Crippen molar-refractivity contribution in [1.82, 2.24) is 5.32 Å². The van der Waals surface area contributed by atoms with E-state index in [1.165, 1.54) is 102 Å². The summed E-state index contributed by atoms with van der Waals surface area (Å²) in [5.74, 6) is -0.717. The fraction of sp³-hybridized carbons (Fsp3) is 0.878. The molecule has 1 fully saturated rings. The molecular formula is C41H77NO12S. The van der Waals surface area contributed by atoms with Crippen LogP contribution in [0, 0.1) is 0 Å². The number of ether oxygens (including phenoxy) is 2. The van der Waals surface area contributed by atoms with Gasteiger partial charge in [-0.05, 0) is 32.1 Å². The van der Waals surface area contributed by atoms with Crippen molar-refractivity contribution < 1.29 is 57.0 Å². The Balaban J connectivity index is 2.64. The highest BCUT2D eigenvalue weighted by Gasteiger charge is 2.48. The zero-order valence-corrected chi connectivity index (χ0v) is 34.7. The summed E-state index contributed by atoms with van der Waals surface area (Å²) in [5, 5.41) is 54.9. The zero-order chi connectivity index (χ0) is 40.7. The standard InChI is InChI=1S/C41H77NO12S/c1-3-5-7-9-11-13-14-15-16-17-18-19-20-21-22-24-25-27-29-34(44)33(42-40(48)35(45)30-28-26-23-12-10-8-6-4-2)32-52-41-38(47)39(54-55(49,50)51)37(46)36(31-43)53-41/h21-22,27,29,33-39,41,43-47H,3-20,23-26,28,30-32H2,1-2H3,(H,42,48)(H,49,50,51)/b22-21+,29-27+. The van der Waals surface area contributed by atoms with Crippen molar-refractivity contribution in [1.29, 1.82) is 0 Å². The minimum absolute atomic E-state index is 0.237. The molecule has 0 spiro atoms. The predicted molar refractivity (Wildman–Crippen MR) is 215 cm³/mol. The summed E-state index contributed by atoms with van der Waals surface area (Å²) in [5.41, 5.74) is 0. The van der Waals surface area contributed by atoms with E-state index in [0.717, 1.165) is 38.5 Å². The minimum atomic E-state index is -5.11. The van der Waals surface area contributed by atoms with Crippen molar-refractivity contribution in [2.24, 2.45) is 0 Å². The Hall–Kier alpha value is -1.46. The predicted octanol–water partition coefficient (Wildman–Crippen LogP) is 6.35. The van der Waals surface area contributed by atoms with Crippen LogP contribution < -0.4 is 5.32 Å². The molecule has 14 heteroatoms. The first kappa shape index (κ1) is 51.6. The molecule has 1 aliphatic rings. The number of hydrogen-bond donors (Lipinski definition) is 7. The van der Waals surface area contributed by atoms with E-state index in [1.54, 1.807) is 6.08 Å². The molecule has 1 rings (SSSR count). The van der Waals surface area contributed by atoms with Gasteiger partial charge in [-0.1, -0.05) is 160 Å². The smallest absolute Gasteiger partial charge is 0.394 e. The molecule has 0 aromatic carbocycles. The molecule has 1 amide bonds. The maximum Gasteiger partial charge on any atom is 0.397 e. The van der Waals surface area contributed by atoms with Gasteiger partial charge < -0.3 is 40.3 Å². The van der Waals surface area contributed by atoms with E-state index >= 15 is 0 Å². The molecule has 1 aliphatic heterocycles. The van der Waals surface area contributed by atoms with E-state index in [2.05, 4.69) is 35.5 Å². The van der Waals surface area contributed by atoms with Crippen molar-refractivity contribution in [2.75, 3.05) is 13.2 Å². The Bertz CT molecular complexity index is 1110. The van der Waals surface area contributed by atoms with E-state index in [-0.39, 0.29) is 6.42 Å². The molecular weight excluding hydrogens is 731 g/mol. The molecule has 7 N–H and O–H groups in total. The first-order chi connectivity index (χ1) is 26.4. The normalized spacial score (nSPS) is 22.4. The molecule has 1 heterocycles. The van der Waals surface area contributed by atoms with Gasteiger partial charge in [0.1, 0.15) is 30.5 Å². The van der Waals surface area contributed by atoms with Crippen molar-refractivity contribution in [3.63, 3.8) is 0 Å². The Morgan fingerprint density at radius 1 is 0.727 bits per heavy atom. The third-order valence-electron chi connectivity index (χ3n) is 10.1. The van der Waals surface area contributed by atoms with E-state index in [4.69, 9.17) is 14.0 Å². The summed E-state index contributed by atoms with van der Waals surface area (Å²) in [6.45, 7) is 3.14. The number of unbranched alkanes of at least 4 members (excludes halogenated alkanes) is 20. The fourth-order valence-electron chi connectivity index (χ4n) is 6.65. The van der Waals surface area contributed by atoms with Gasteiger partial charge in [-0.3, -0.25) is 9.35 Å². The summed E-state index contributed by atoms with van der Waals surface area (Å²) in [7, 11) is -5.11. The molecule has 0 radical (unpaired) electrons. The molecule has 0 aromatic rings. The van der Waals surface area contributed by atoms with Gasteiger partial charge in [0.25, 0.3) is 0 Å². The van der Waals surface area contributed by atoms with E-state index < -0.39 is 78.5 Å². The number of nitrogens with one attached hydrogen (secondary N) is 1. The monoisotopic (exact) mass is 808 g/mol. The lowest BCUT2D eigenvalue weighted by molar-refractivity contribution is -0.298. The molecule has 1 saturated heterocycles. The highest BCUT2D eigenvalue weighted by atomic mass is 32.3. The van der Waals surface area contributed by atoms with Gasteiger partial charge in [-0.15, -0.1) is 0 Å². The fourth-order valence-corrected chi connectivity index (χ4v) is 7.16. The second kappa shape index (κ2) is 32.5. The lowest BCUT2D eigenvalue weighted by Crippen LogP contribution is -2.61. The summed E-state index contributed by atoms with van der Waals surface area (Å²) >= 11 is 0. The van der Waals surface area contributed by atoms with Gasteiger partial charge in [0.2, 0.25) is 5.91 Å². The van der Waals surface area contributed by atoms with Crippen LogP contribution in [0.5, 0.6) is 0 Å². The lowest BCUT2D eigenvalue weighted by Gasteiger charge is -2.41. The van der Waals surface area contributed by atoms with Crippen molar-refractivity contribution in [3.05, 3.63) is 24.3 Å². The largest absolute Gasteiger partial charge is 0.397 e. The van der Waals surface area contributed by atoms with Crippen LogP contribution >= 0.6 is 0 Å². The van der Waals surface area contributed by atoms with Crippen molar-refractivity contribution in [2.45, 2.75) is 217 Å². The lowest BCUT2D eigenvalue weighted by atomic mass is 9.99. The van der Waals surface area contributed by atoms with E-state index in [9.17, 15) is 38.7 Å².